The first-order valence-corrected chi connectivity index (χ1v) is 18.2. The maximum absolute atomic E-state index is 6.81. The molecule has 0 aliphatic carbocycles. The first-order chi connectivity index (χ1) is 21.1. The van der Waals surface area contributed by atoms with Crippen LogP contribution in [0.3, 0.4) is 0 Å². The van der Waals surface area contributed by atoms with Crippen LogP contribution in [-0.2, 0) is 0 Å². The number of anilines is 3. The number of rotatable bonds is 0. The first kappa shape index (κ1) is 22.6. The fourth-order valence-corrected chi connectivity index (χ4v) is 11.8. The molecule has 0 N–H and O–H groups in total. The topological polar surface area (TPSA) is 21.3 Å². The standard InChI is InChI=1S/C38H25BN2OSi/c1-43(2)31-19-8-6-17-29(31)40-36-23-12-4-3-11-22(23)21-27-24-14-9-15-26-33-25-13-5-7-18-30(25)42-38(33)41(35(24)26)39(34(27)36)28-16-10-20-32(43)37(28)40/h3-21H,1-2H3. The molecule has 0 amide bonds. The van der Waals surface area contributed by atoms with E-state index in [9.17, 15) is 0 Å². The van der Waals surface area contributed by atoms with Crippen molar-refractivity contribution >= 4 is 97.0 Å². The third-order valence-electron chi connectivity index (χ3n) is 10.5. The van der Waals surface area contributed by atoms with Crippen LogP contribution in [0.15, 0.2) is 120 Å². The van der Waals surface area contributed by atoms with E-state index in [1.165, 1.54) is 81.9 Å². The summed E-state index contributed by atoms with van der Waals surface area (Å²) in [5, 5.41) is 9.26. The lowest BCUT2D eigenvalue weighted by Gasteiger charge is -2.47. The van der Waals surface area contributed by atoms with E-state index in [1.54, 1.807) is 0 Å². The van der Waals surface area contributed by atoms with Gasteiger partial charge in [0.2, 0.25) is 0 Å². The molecule has 6 aromatic carbocycles. The molecule has 0 fully saturated rings. The van der Waals surface area contributed by atoms with E-state index < -0.39 is 8.07 Å². The summed E-state index contributed by atoms with van der Waals surface area (Å²) < 4.78 is 9.36. The summed E-state index contributed by atoms with van der Waals surface area (Å²) in [7, 11) is -1.99. The molecule has 11 rings (SSSR count). The second kappa shape index (κ2) is 7.31. The van der Waals surface area contributed by atoms with Crippen LogP contribution in [0.2, 0.25) is 13.1 Å². The van der Waals surface area contributed by atoms with Gasteiger partial charge in [-0.2, -0.15) is 0 Å². The number of nitrogens with zero attached hydrogens (tertiary/aromatic N) is 2. The molecule has 43 heavy (non-hydrogen) atoms. The lowest BCUT2D eigenvalue weighted by Crippen LogP contribution is -2.65. The zero-order chi connectivity index (χ0) is 28.2. The van der Waals surface area contributed by atoms with E-state index in [0.717, 1.165) is 11.3 Å². The summed E-state index contributed by atoms with van der Waals surface area (Å²) in [5.41, 5.74) is 12.6. The molecule has 0 radical (unpaired) electrons. The van der Waals surface area contributed by atoms with Gasteiger partial charge in [-0.1, -0.05) is 110 Å². The largest absolute Gasteiger partial charge is 0.441 e. The molecule has 0 unspecified atom stereocenters. The Bertz CT molecular complexity index is 2570. The van der Waals surface area contributed by atoms with Crippen LogP contribution >= 0.6 is 0 Å². The fourth-order valence-electron chi connectivity index (χ4n) is 8.77. The Morgan fingerprint density at radius 2 is 1.40 bits per heavy atom. The lowest BCUT2D eigenvalue weighted by molar-refractivity contribution is 0.651. The van der Waals surface area contributed by atoms with Crippen molar-refractivity contribution in [3.05, 3.63) is 115 Å². The van der Waals surface area contributed by atoms with E-state index in [1.807, 2.05) is 0 Å². The summed E-state index contributed by atoms with van der Waals surface area (Å²) in [6.45, 7) is 5.04. The van der Waals surface area contributed by atoms with Gasteiger partial charge in [0.05, 0.1) is 11.1 Å². The first-order valence-electron chi connectivity index (χ1n) is 15.2. The predicted octanol–water partition coefficient (Wildman–Crippen LogP) is 7.25. The molecule has 2 aromatic heterocycles. The van der Waals surface area contributed by atoms with Crippen molar-refractivity contribution in [3.8, 4) is 11.1 Å². The van der Waals surface area contributed by atoms with Crippen molar-refractivity contribution in [2.75, 3.05) is 4.90 Å². The van der Waals surface area contributed by atoms with Gasteiger partial charge in [-0.15, -0.1) is 0 Å². The zero-order valence-corrected chi connectivity index (χ0v) is 24.8. The summed E-state index contributed by atoms with van der Waals surface area (Å²) in [6.07, 6.45) is 0. The van der Waals surface area contributed by atoms with Gasteiger partial charge in [0, 0.05) is 38.6 Å². The highest BCUT2D eigenvalue weighted by Gasteiger charge is 2.49. The van der Waals surface area contributed by atoms with Crippen molar-refractivity contribution < 1.29 is 4.42 Å². The highest BCUT2D eigenvalue weighted by Crippen LogP contribution is 2.49. The van der Waals surface area contributed by atoms with Crippen LogP contribution in [0.4, 0.5) is 17.1 Å². The average Bonchev–Trinajstić information content (AvgIpc) is 3.58. The van der Waals surface area contributed by atoms with Crippen LogP contribution in [-0.4, -0.2) is 19.4 Å². The van der Waals surface area contributed by atoms with Crippen molar-refractivity contribution in [3.63, 3.8) is 0 Å². The Morgan fingerprint density at radius 3 is 2.33 bits per heavy atom. The number of hydrogen-bond acceptors (Lipinski definition) is 2. The second-order valence-electron chi connectivity index (χ2n) is 12.9. The van der Waals surface area contributed by atoms with Crippen molar-refractivity contribution in [2.24, 2.45) is 0 Å². The number of aromatic nitrogens is 1. The minimum atomic E-state index is -1.99. The van der Waals surface area contributed by atoms with Gasteiger partial charge < -0.3 is 13.8 Å². The normalized spacial score (nSPS) is 15.3. The molecule has 8 aromatic rings. The molecular weight excluding hydrogens is 539 g/mol. The SMILES string of the molecule is C[Si]1(C)c2ccccc2N2c3c(cccc31)B1c3c(cc4ccccc4c32)-c2cccc3c4c5ccccc5oc4n1c23. The summed E-state index contributed by atoms with van der Waals surface area (Å²) in [6, 6.07) is 43.0. The van der Waals surface area contributed by atoms with E-state index in [4.69, 9.17) is 4.42 Å². The highest BCUT2D eigenvalue weighted by molar-refractivity contribution is 7.04. The predicted molar refractivity (Wildman–Crippen MR) is 184 cm³/mol. The number of fused-ring (bicyclic) bond motifs is 13. The van der Waals surface area contributed by atoms with E-state index >= 15 is 0 Å². The Kier molecular flexibility index (Phi) is 3.84. The molecule has 200 valence electrons. The Labute approximate surface area is 249 Å². The Hall–Kier alpha value is -5.00. The summed E-state index contributed by atoms with van der Waals surface area (Å²) in [4.78, 5) is 2.63. The molecule has 0 saturated carbocycles. The van der Waals surface area contributed by atoms with Gasteiger partial charge in [-0.25, -0.2) is 0 Å². The van der Waals surface area contributed by atoms with E-state index in [2.05, 4.69) is 138 Å². The molecule has 5 heteroatoms. The maximum Gasteiger partial charge on any atom is 0.336 e. The minimum Gasteiger partial charge on any atom is -0.441 e. The average molecular weight is 565 g/mol. The van der Waals surface area contributed by atoms with Crippen molar-refractivity contribution in [1.29, 1.82) is 0 Å². The van der Waals surface area contributed by atoms with Gasteiger partial charge in [-0.3, -0.25) is 0 Å². The van der Waals surface area contributed by atoms with Crippen LogP contribution in [0.5, 0.6) is 0 Å². The third-order valence-corrected chi connectivity index (χ3v) is 14.0. The summed E-state index contributed by atoms with van der Waals surface area (Å²) in [5.74, 6) is 0. The van der Waals surface area contributed by atoms with Gasteiger partial charge >= 0.3 is 6.85 Å². The van der Waals surface area contributed by atoms with Crippen molar-refractivity contribution in [2.45, 2.75) is 13.1 Å². The number of furan rings is 1. The van der Waals surface area contributed by atoms with Crippen LogP contribution in [0, 0.1) is 0 Å². The van der Waals surface area contributed by atoms with Crippen LogP contribution in [0.25, 0.3) is 54.9 Å². The van der Waals surface area contributed by atoms with Crippen molar-refractivity contribution in [1.82, 2.24) is 4.48 Å². The maximum atomic E-state index is 6.81. The van der Waals surface area contributed by atoms with Gasteiger partial charge in [-0.05, 0) is 50.4 Å². The fraction of sp³-hybridized carbons (Fsp3) is 0.0526. The third kappa shape index (κ3) is 2.45. The number of benzene rings is 6. The molecule has 0 bridgehead atoms. The minimum absolute atomic E-state index is 0.00586. The molecule has 3 aliphatic heterocycles. The van der Waals surface area contributed by atoms with Gasteiger partial charge in [0.15, 0.2) is 5.71 Å². The molecule has 5 heterocycles. The van der Waals surface area contributed by atoms with Gasteiger partial charge in [0.1, 0.15) is 13.7 Å². The van der Waals surface area contributed by atoms with Crippen LogP contribution in [0.1, 0.15) is 0 Å². The Balaban J connectivity index is 1.41. The number of hydrogen-bond donors (Lipinski definition) is 0. The van der Waals surface area contributed by atoms with Crippen LogP contribution < -0.4 is 26.2 Å². The lowest BCUT2D eigenvalue weighted by atomic mass is 9.45. The molecule has 0 saturated heterocycles. The molecular formula is C38H25BN2OSi. The molecule has 3 aliphatic rings. The van der Waals surface area contributed by atoms with Gasteiger partial charge in [0.25, 0.3) is 0 Å². The smallest absolute Gasteiger partial charge is 0.336 e. The Morgan fingerprint density at radius 1 is 0.651 bits per heavy atom. The van der Waals surface area contributed by atoms with E-state index in [0.29, 0.717) is 0 Å². The number of para-hydroxylation sites is 4. The quantitative estimate of drug-likeness (QED) is 0.181. The summed E-state index contributed by atoms with van der Waals surface area (Å²) >= 11 is 0. The van der Waals surface area contributed by atoms with E-state index in [-0.39, 0.29) is 6.85 Å². The highest BCUT2D eigenvalue weighted by atomic mass is 28.3. The zero-order valence-electron chi connectivity index (χ0n) is 23.8. The second-order valence-corrected chi connectivity index (χ2v) is 17.2. The molecule has 0 spiro atoms. The molecule has 0 atom stereocenters. The monoisotopic (exact) mass is 564 g/mol. The molecule has 3 nitrogen and oxygen atoms in total.